The number of nitrogens with one attached hydrogen (secondary N) is 2. The molecule has 4 rings (SSSR count). The average Bonchev–Trinajstić information content (AvgIpc) is 3.34. The molecule has 1 aliphatic heterocycles. The topological polar surface area (TPSA) is 181 Å². The molecule has 39 heavy (non-hydrogen) atoms. The highest BCUT2D eigenvalue weighted by Gasteiger charge is 2.42. The summed E-state index contributed by atoms with van der Waals surface area (Å²) in [6.07, 6.45) is -3.06. The van der Waals surface area contributed by atoms with Gasteiger partial charge in [-0.25, -0.2) is 17.5 Å². The van der Waals surface area contributed by atoms with Gasteiger partial charge in [-0.05, 0) is 48.5 Å². The Balaban J connectivity index is 1.52. The second-order valence-corrected chi connectivity index (χ2v) is 10.8. The lowest BCUT2D eigenvalue weighted by molar-refractivity contribution is -0.167. The SMILES string of the molecule is CC(=O)O[C@@H](C(=O)Nc1ccc(-c2noc(=O)[nH]2)cc1)[C@H]1OCCN(c2ccc(S(=O)(=O)N(C)C)cc2)C1=O. The first-order valence-corrected chi connectivity index (χ1v) is 13.0. The number of carbonyl (C=O) groups is 3. The van der Waals surface area contributed by atoms with Gasteiger partial charge in [-0.15, -0.1) is 0 Å². The number of H-pyrrole nitrogens is 1. The lowest BCUT2D eigenvalue weighted by Crippen LogP contribution is -2.56. The fraction of sp³-hybridized carbons (Fsp3) is 0.292. The summed E-state index contributed by atoms with van der Waals surface area (Å²) in [5.74, 6) is -2.76. The number of esters is 1. The first-order valence-electron chi connectivity index (χ1n) is 11.6. The molecule has 2 heterocycles. The number of anilines is 2. The zero-order valence-corrected chi connectivity index (χ0v) is 21.9. The van der Waals surface area contributed by atoms with Crippen molar-refractivity contribution < 1.29 is 36.8 Å². The molecule has 1 saturated heterocycles. The van der Waals surface area contributed by atoms with Crippen LogP contribution in [0.3, 0.4) is 0 Å². The molecule has 0 unspecified atom stereocenters. The van der Waals surface area contributed by atoms with E-state index in [1.54, 1.807) is 12.1 Å². The highest BCUT2D eigenvalue weighted by atomic mass is 32.2. The Kier molecular flexibility index (Phi) is 7.94. The lowest BCUT2D eigenvalue weighted by atomic mass is 10.1. The molecule has 0 saturated carbocycles. The number of morpholine rings is 1. The fourth-order valence-electron chi connectivity index (χ4n) is 3.80. The van der Waals surface area contributed by atoms with Crippen LogP contribution in [-0.2, 0) is 33.9 Å². The van der Waals surface area contributed by atoms with E-state index < -0.39 is 45.8 Å². The molecule has 0 radical (unpaired) electrons. The molecule has 2 atom stereocenters. The second-order valence-electron chi connectivity index (χ2n) is 8.60. The van der Waals surface area contributed by atoms with E-state index in [-0.39, 0.29) is 23.9 Å². The predicted molar refractivity (Wildman–Crippen MR) is 136 cm³/mol. The Hall–Kier alpha value is -4.34. The number of ether oxygens (including phenoxy) is 2. The van der Waals surface area contributed by atoms with E-state index in [1.165, 1.54) is 55.4 Å². The van der Waals surface area contributed by atoms with Crippen molar-refractivity contribution in [1.82, 2.24) is 14.4 Å². The summed E-state index contributed by atoms with van der Waals surface area (Å²) in [4.78, 5) is 53.2. The number of benzene rings is 2. The molecule has 15 heteroatoms. The number of hydrogen-bond acceptors (Lipinski definition) is 10. The monoisotopic (exact) mass is 559 g/mol. The zero-order valence-electron chi connectivity index (χ0n) is 21.1. The molecule has 0 spiro atoms. The minimum Gasteiger partial charge on any atom is -0.449 e. The van der Waals surface area contributed by atoms with Crippen LogP contribution in [0.2, 0.25) is 0 Å². The average molecular weight is 560 g/mol. The van der Waals surface area contributed by atoms with Gasteiger partial charge >= 0.3 is 11.7 Å². The first-order chi connectivity index (χ1) is 18.5. The molecule has 1 aromatic heterocycles. The van der Waals surface area contributed by atoms with Crippen LogP contribution >= 0.6 is 0 Å². The van der Waals surface area contributed by atoms with Crippen LogP contribution in [0.5, 0.6) is 0 Å². The maximum atomic E-state index is 13.4. The van der Waals surface area contributed by atoms with Gasteiger partial charge in [0.1, 0.15) is 0 Å². The summed E-state index contributed by atoms with van der Waals surface area (Å²) in [6.45, 7) is 1.27. The third-order valence-electron chi connectivity index (χ3n) is 5.74. The van der Waals surface area contributed by atoms with Crippen molar-refractivity contribution in [2.45, 2.75) is 24.0 Å². The highest BCUT2D eigenvalue weighted by molar-refractivity contribution is 7.89. The number of nitrogens with zero attached hydrogens (tertiary/aromatic N) is 3. The molecule has 3 aromatic rings. The minimum atomic E-state index is -3.66. The number of hydrogen-bond donors (Lipinski definition) is 2. The van der Waals surface area contributed by atoms with E-state index in [0.717, 1.165) is 11.2 Å². The van der Waals surface area contributed by atoms with Crippen LogP contribution in [0, 0.1) is 0 Å². The van der Waals surface area contributed by atoms with Crippen LogP contribution in [0.15, 0.2) is 62.7 Å². The van der Waals surface area contributed by atoms with E-state index in [9.17, 15) is 27.6 Å². The van der Waals surface area contributed by atoms with Crippen molar-refractivity contribution in [1.29, 1.82) is 0 Å². The Bertz CT molecular complexity index is 1530. The van der Waals surface area contributed by atoms with Crippen molar-refractivity contribution in [3.63, 3.8) is 0 Å². The number of amides is 2. The molecule has 14 nitrogen and oxygen atoms in total. The summed E-state index contributed by atoms with van der Waals surface area (Å²) in [6, 6.07) is 11.9. The highest BCUT2D eigenvalue weighted by Crippen LogP contribution is 2.25. The van der Waals surface area contributed by atoms with Gasteiger partial charge in [0.05, 0.1) is 11.5 Å². The van der Waals surface area contributed by atoms with Gasteiger partial charge in [-0.1, -0.05) is 5.16 Å². The van der Waals surface area contributed by atoms with Gasteiger partial charge in [0.2, 0.25) is 16.1 Å². The Morgan fingerprint density at radius 2 is 1.79 bits per heavy atom. The molecule has 2 aromatic carbocycles. The fourth-order valence-corrected chi connectivity index (χ4v) is 4.70. The van der Waals surface area contributed by atoms with Crippen LogP contribution in [0.1, 0.15) is 6.92 Å². The summed E-state index contributed by atoms with van der Waals surface area (Å²) in [5, 5.41) is 6.17. The van der Waals surface area contributed by atoms with Crippen molar-refractivity contribution in [3.8, 4) is 11.4 Å². The third-order valence-corrected chi connectivity index (χ3v) is 7.57. The number of sulfonamides is 1. The second kappa shape index (κ2) is 11.2. The normalized spacial score (nSPS) is 16.7. The molecule has 0 bridgehead atoms. The van der Waals surface area contributed by atoms with Gasteiger partial charge in [-0.2, -0.15) is 0 Å². The standard InChI is InChI=1S/C24H25N5O9S/c1-14(30)37-19(22(31)25-16-6-4-15(5-7-16)21-26-24(33)38-27-21)20-23(32)29(12-13-36-20)17-8-10-18(11-9-17)39(34,35)28(2)3/h4-11,19-20H,12-13H2,1-3H3,(H,25,31)(H,26,27,33)/t19-,20-/m1/s1. The number of aromatic amines is 1. The maximum Gasteiger partial charge on any atom is 0.439 e. The Morgan fingerprint density at radius 1 is 1.13 bits per heavy atom. The van der Waals surface area contributed by atoms with E-state index in [0.29, 0.717) is 16.9 Å². The molecule has 2 N–H and O–H groups in total. The summed E-state index contributed by atoms with van der Waals surface area (Å²) >= 11 is 0. The molecular weight excluding hydrogens is 534 g/mol. The van der Waals surface area contributed by atoms with Gasteiger partial charge in [0.15, 0.2) is 11.9 Å². The largest absolute Gasteiger partial charge is 0.449 e. The first kappa shape index (κ1) is 27.7. The summed E-state index contributed by atoms with van der Waals surface area (Å²) in [7, 11) is -0.844. The third kappa shape index (κ3) is 6.05. The molecule has 0 aliphatic carbocycles. The van der Waals surface area contributed by atoms with Crippen molar-refractivity contribution in [3.05, 3.63) is 59.1 Å². The Labute approximate surface area is 222 Å². The van der Waals surface area contributed by atoms with Crippen molar-refractivity contribution in [2.75, 3.05) is 37.5 Å². The summed E-state index contributed by atoms with van der Waals surface area (Å²) in [5.41, 5.74) is 1.21. The van der Waals surface area contributed by atoms with E-state index >= 15 is 0 Å². The van der Waals surface area contributed by atoms with Gasteiger partial charge in [0.25, 0.3) is 11.8 Å². The van der Waals surface area contributed by atoms with Crippen LogP contribution in [-0.4, -0.2) is 80.1 Å². The van der Waals surface area contributed by atoms with Crippen LogP contribution < -0.4 is 16.0 Å². The predicted octanol–water partition coefficient (Wildman–Crippen LogP) is 0.582. The van der Waals surface area contributed by atoms with E-state index in [2.05, 4.69) is 20.0 Å². The molecule has 206 valence electrons. The van der Waals surface area contributed by atoms with E-state index in [4.69, 9.17) is 9.47 Å². The zero-order chi connectivity index (χ0) is 28.3. The van der Waals surface area contributed by atoms with Gasteiger partial charge < -0.3 is 19.7 Å². The lowest BCUT2D eigenvalue weighted by Gasteiger charge is -2.35. The smallest absolute Gasteiger partial charge is 0.439 e. The van der Waals surface area contributed by atoms with E-state index in [1.807, 2.05) is 0 Å². The maximum absolute atomic E-state index is 13.4. The van der Waals surface area contributed by atoms with Crippen LogP contribution in [0.25, 0.3) is 11.4 Å². The number of carbonyl (C=O) groups excluding carboxylic acids is 3. The Morgan fingerprint density at radius 3 is 2.36 bits per heavy atom. The minimum absolute atomic E-state index is 0.0315. The summed E-state index contributed by atoms with van der Waals surface area (Å²) < 4.78 is 41.0. The van der Waals surface area contributed by atoms with Gasteiger partial charge in [0, 0.05) is 44.5 Å². The van der Waals surface area contributed by atoms with Gasteiger partial charge in [-0.3, -0.25) is 23.9 Å². The molecular formula is C24H25N5O9S. The van der Waals surface area contributed by atoms with Crippen molar-refractivity contribution in [2.24, 2.45) is 0 Å². The molecule has 1 aliphatic rings. The molecule has 1 fully saturated rings. The number of aromatic nitrogens is 2. The molecule has 2 amide bonds. The van der Waals surface area contributed by atoms with Crippen LogP contribution in [0.4, 0.5) is 11.4 Å². The van der Waals surface area contributed by atoms with Crippen molar-refractivity contribution >= 4 is 39.2 Å². The number of rotatable bonds is 8. The quantitative estimate of drug-likeness (QED) is 0.371.